The van der Waals surface area contributed by atoms with E-state index in [0.717, 1.165) is 11.8 Å². The van der Waals surface area contributed by atoms with Gasteiger partial charge in [0.25, 0.3) is 5.91 Å². The highest BCUT2D eigenvalue weighted by Crippen LogP contribution is 2.53. The molecule has 1 fully saturated rings. The number of aromatic nitrogens is 1. The van der Waals surface area contributed by atoms with Crippen LogP contribution < -0.4 is 5.73 Å². The van der Waals surface area contributed by atoms with Crippen molar-refractivity contribution in [3.63, 3.8) is 0 Å². The number of phenolic OH excluding ortho intramolecular Hbond substituents is 1. The Bertz CT molecular complexity index is 1480. The van der Waals surface area contributed by atoms with Crippen LogP contribution in [-0.2, 0) is 25.6 Å². The predicted octanol–water partition coefficient (Wildman–Crippen LogP) is 2.12. The van der Waals surface area contributed by atoms with Gasteiger partial charge in [-0.2, -0.15) is 0 Å². The molecule has 1 saturated carbocycles. The summed E-state index contributed by atoms with van der Waals surface area (Å²) in [6.45, 7) is 1.43. The third-order valence-electron chi connectivity index (χ3n) is 7.24. The zero-order chi connectivity index (χ0) is 26.8. The number of thioether (sulfide) groups is 1. The Kier molecular flexibility index (Phi) is 5.72. The van der Waals surface area contributed by atoms with Gasteiger partial charge < -0.3 is 26.2 Å². The van der Waals surface area contributed by atoms with Crippen molar-refractivity contribution in [1.82, 2.24) is 4.98 Å². The standard InChI is InChI=1S/C26H22N2O8S/c1-10(29)37-18-5-2-11(9-28-18)14-3-4-16(30)20-15(14)7-12-6-13-8-17(31)21(25(27)35)24(34)26(13,36)23(33)19(12)22(20)32/h2-5,9,12-13,30,32,34,36H,6-8H2,1H3,(H2,27,35)/t12-,13+,26+/m1/s1. The summed E-state index contributed by atoms with van der Waals surface area (Å²) >= 11 is 0.982. The number of aliphatic hydroxyl groups is 3. The molecule has 2 aromatic rings. The highest BCUT2D eigenvalue weighted by atomic mass is 32.2. The first-order chi connectivity index (χ1) is 17.4. The molecule has 37 heavy (non-hydrogen) atoms. The van der Waals surface area contributed by atoms with Gasteiger partial charge in [-0.1, -0.05) is 12.1 Å². The first kappa shape index (κ1) is 24.7. The Hall–Kier alpha value is -3.96. The third kappa shape index (κ3) is 3.65. The Morgan fingerprint density at radius 2 is 1.84 bits per heavy atom. The van der Waals surface area contributed by atoms with Gasteiger partial charge in [-0.3, -0.25) is 19.2 Å². The molecule has 3 aliphatic rings. The van der Waals surface area contributed by atoms with Crippen molar-refractivity contribution in [1.29, 1.82) is 0 Å². The minimum absolute atomic E-state index is 0.00631. The first-order valence-corrected chi connectivity index (χ1v) is 12.2. The minimum Gasteiger partial charge on any atom is -0.508 e. The van der Waals surface area contributed by atoms with E-state index < -0.39 is 52.0 Å². The quantitative estimate of drug-likeness (QED) is 0.295. The minimum atomic E-state index is -2.60. The van der Waals surface area contributed by atoms with E-state index in [4.69, 9.17) is 5.73 Å². The van der Waals surface area contributed by atoms with Gasteiger partial charge in [0.05, 0.1) is 5.56 Å². The summed E-state index contributed by atoms with van der Waals surface area (Å²) in [5.74, 6) is -6.71. The number of amides is 1. The van der Waals surface area contributed by atoms with Gasteiger partial charge in [-0.05, 0) is 53.8 Å². The molecule has 0 unspecified atom stereocenters. The van der Waals surface area contributed by atoms with Crippen LogP contribution in [0.25, 0.3) is 16.9 Å². The van der Waals surface area contributed by atoms with E-state index in [2.05, 4.69) is 4.98 Å². The van der Waals surface area contributed by atoms with Crippen LogP contribution in [0, 0.1) is 11.8 Å². The molecule has 0 spiro atoms. The number of hydrogen-bond acceptors (Lipinski definition) is 10. The number of pyridine rings is 1. The van der Waals surface area contributed by atoms with Crippen molar-refractivity contribution >= 4 is 40.1 Å². The Labute approximate surface area is 214 Å². The Morgan fingerprint density at radius 3 is 2.46 bits per heavy atom. The van der Waals surface area contributed by atoms with Gasteiger partial charge >= 0.3 is 0 Å². The smallest absolute Gasteiger partial charge is 0.255 e. The topological polar surface area (TPSA) is 188 Å². The highest BCUT2D eigenvalue weighted by molar-refractivity contribution is 8.13. The Balaban J connectivity index is 1.64. The Morgan fingerprint density at radius 1 is 1.11 bits per heavy atom. The van der Waals surface area contributed by atoms with Crippen LogP contribution in [-0.4, -0.2) is 53.6 Å². The van der Waals surface area contributed by atoms with Crippen LogP contribution in [0.3, 0.4) is 0 Å². The lowest BCUT2D eigenvalue weighted by molar-refractivity contribution is -0.147. The number of carbonyl (C=O) groups excluding carboxylic acids is 4. The molecule has 0 saturated heterocycles. The maximum Gasteiger partial charge on any atom is 0.255 e. The fraction of sp³-hybridized carbons (Fsp3) is 0.269. The number of carbonyl (C=O) groups is 4. The number of benzene rings is 1. The number of ketones is 2. The first-order valence-electron chi connectivity index (χ1n) is 11.4. The van der Waals surface area contributed by atoms with E-state index in [1.807, 2.05) is 0 Å². The van der Waals surface area contributed by atoms with Gasteiger partial charge in [0, 0.05) is 36.6 Å². The molecule has 1 heterocycles. The van der Waals surface area contributed by atoms with Crippen molar-refractivity contribution < 1.29 is 39.6 Å². The van der Waals surface area contributed by atoms with Crippen molar-refractivity contribution in [3.05, 3.63) is 58.5 Å². The zero-order valence-electron chi connectivity index (χ0n) is 19.5. The van der Waals surface area contributed by atoms with Gasteiger partial charge in [0.15, 0.2) is 16.5 Å². The molecule has 1 aromatic carbocycles. The summed E-state index contributed by atoms with van der Waals surface area (Å²) in [6.07, 6.45) is 1.41. The number of Topliss-reactive ketones (excluding diaryl/α,β-unsaturated/α-hetero) is 2. The van der Waals surface area contributed by atoms with E-state index in [1.54, 1.807) is 24.4 Å². The molecule has 3 aliphatic carbocycles. The van der Waals surface area contributed by atoms with Gasteiger partial charge in [-0.25, -0.2) is 4.98 Å². The summed E-state index contributed by atoms with van der Waals surface area (Å²) < 4.78 is 0. The normalized spacial score (nSPS) is 24.9. The van der Waals surface area contributed by atoms with E-state index >= 15 is 0 Å². The monoisotopic (exact) mass is 522 g/mol. The van der Waals surface area contributed by atoms with Crippen LogP contribution >= 0.6 is 11.8 Å². The van der Waals surface area contributed by atoms with Crippen LogP contribution in [0.5, 0.6) is 5.75 Å². The fourth-order valence-corrected chi connectivity index (χ4v) is 6.18. The molecule has 190 valence electrons. The molecule has 6 N–H and O–H groups in total. The highest BCUT2D eigenvalue weighted by Gasteiger charge is 2.60. The van der Waals surface area contributed by atoms with Crippen LogP contribution in [0.4, 0.5) is 0 Å². The van der Waals surface area contributed by atoms with E-state index in [9.17, 15) is 39.6 Å². The van der Waals surface area contributed by atoms with Crippen molar-refractivity contribution in [2.75, 3.05) is 0 Å². The second kappa shape index (κ2) is 8.56. The molecule has 1 amide bonds. The molecule has 5 rings (SSSR count). The number of rotatable bonds is 3. The predicted molar refractivity (Wildman–Crippen MR) is 131 cm³/mol. The number of aliphatic hydroxyl groups excluding tert-OH is 2. The number of primary amides is 1. The number of phenols is 1. The van der Waals surface area contributed by atoms with E-state index in [0.29, 0.717) is 21.7 Å². The zero-order valence-corrected chi connectivity index (χ0v) is 20.3. The maximum absolute atomic E-state index is 13.6. The average molecular weight is 523 g/mol. The average Bonchev–Trinajstić information content (AvgIpc) is 2.81. The van der Waals surface area contributed by atoms with Crippen LogP contribution in [0.15, 0.2) is 52.4 Å². The molecule has 3 atom stereocenters. The van der Waals surface area contributed by atoms with E-state index in [1.165, 1.54) is 13.0 Å². The summed E-state index contributed by atoms with van der Waals surface area (Å²) in [4.78, 5) is 53.4. The molecular formula is C26H22N2O8S. The molecular weight excluding hydrogens is 500 g/mol. The van der Waals surface area contributed by atoms with Gasteiger partial charge in [-0.15, -0.1) is 0 Å². The summed E-state index contributed by atoms with van der Waals surface area (Å²) in [6, 6.07) is 6.43. The summed E-state index contributed by atoms with van der Waals surface area (Å²) in [7, 11) is 0. The summed E-state index contributed by atoms with van der Waals surface area (Å²) in [5.41, 5.74) is 3.41. The second-order valence-electron chi connectivity index (χ2n) is 9.37. The van der Waals surface area contributed by atoms with Crippen molar-refractivity contribution in [2.24, 2.45) is 17.6 Å². The number of nitrogens with zero attached hydrogens (tertiary/aromatic N) is 1. The number of aromatic hydroxyl groups is 1. The lowest BCUT2D eigenvalue weighted by Gasteiger charge is -2.46. The molecule has 1 aromatic heterocycles. The van der Waals surface area contributed by atoms with Crippen LogP contribution in [0.2, 0.25) is 0 Å². The summed E-state index contributed by atoms with van der Waals surface area (Å²) in [5, 5.41) is 44.2. The second-order valence-corrected chi connectivity index (χ2v) is 10.6. The third-order valence-corrected chi connectivity index (χ3v) is 7.98. The van der Waals surface area contributed by atoms with E-state index in [-0.39, 0.29) is 41.3 Å². The molecule has 10 nitrogen and oxygen atoms in total. The molecule has 0 aliphatic heterocycles. The SMILES string of the molecule is CC(=O)Sc1ccc(-c2ccc(O)c3c2C[C@H]2C[C@H]4CC(=O)C(C(N)=O)=C(O)[C@@]4(O)C(=O)C2=C3O)cn1. The largest absolute Gasteiger partial charge is 0.508 e. The number of nitrogens with two attached hydrogens (primary N) is 1. The van der Waals surface area contributed by atoms with Crippen molar-refractivity contribution in [2.45, 2.75) is 36.8 Å². The van der Waals surface area contributed by atoms with Crippen molar-refractivity contribution in [3.8, 4) is 16.9 Å². The number of hydrogen-bond donors (Lipinski definition) is 5. The molecule has 11 heteroatoms. The molecule has 0 bridgehead atoms. The number of fused-ring (bicyclic) bond motifs is 3. The fourth-order valence-electron chi connectivity index (χ4n) is 5.64. The maximum atomic E-state index is 13.6. The lowest BCUT2D eigenvalue weighted by atomic mass is 9.59. The van der Waals surface area contributed by atoms with Crippen LogP contribution in [0.1, 0.15) is 30.9 Å². The van der Waals surface area contributed by atoms with Gasteiger partial charge in [0.2, 0.25) is 5.78 Å². The lowest BCUT2D eigenvalue weighted by Crippen LogP contribution is -2.58. The molecule has 0 radical (unpaired) electrons. The van der Waals surface area contributed by atoms with Gasteiger partial charge in [0.1, 0.15) is 27.9 Å².